The largest absolute Gasteiger partial charge is 0.352 e. The molecular formula is C21H25IN6O2. The molecule has 1 aromatic carbocycles. The fourth-order valence-corrected chi connectivity index (χ4v) is 4.43. The second-order valence-electron chi connectivity index (χ2n) is 7.60. The summed E-state index contributed by atoms with van der Waals surface area (Å²) < 4.78 is 10.9. The van der Waals surface area contributed by atoms with Gasteiger partial charge in [0.15, 0.2) is 27.1 Å². The molecule has 2 aliphatic rings. The molecule has 1 saturated carbocycles. The number of aryl methyl sites for hydroxylation is 1. The van der Waals surface area contributed by atoms with Crippen LogP contribution in [-0.4, -0.2) is 34.9 Å². The van der Waals surface area contributed by atoms with E-state index in [1.807, 2.05) is 39.0 Å². The normalized spacial score (nSPS) is 15.0. The smallest absolute Gasteiger partial charge is 0.253 e. The van der Waals surface area contributed by atoms with E-state index in [1.165, 1.54) is 0 Å². The summed E-state index contributed by atoms with van der Waals surface area (Å²) in [5.41, 5.74) is 4.69. The summed E-state index contributed by atoms with van der Waals surface area (Å²) >= 11 is -0.776. The number of carbonyl (C=O) groups is 2. The third-order valence-corrected chi connectivity index (χ3v) is 6.50. The summed E-state index contributed by atoms with van der Waals surface area (Å²) in [6.07, 6.45) is 4.76. The van der Waals surface area contributed by atoms with Gasteiger partial charge in [-0.2, -0.15) is 3.21 Å². The molecule has 9 heteroatoms. The van der Waals surface area contributed by atoms with Crippen LogP contribution < -0.4 is 16.0 Å². The van der Waals surface area contributed by atoms with Gasteiger partial charge in [0.05, 0.1) is 5.56 Å². The number of anilines is 1. The maximum Gasteiger partial charge on any atom is 0.253 e. The average Bonchev–Trinajstić information content (AvgIpc) is 3.48. The number of benzene rings is 1. The monoisotopic (exact) mass is 520 g/mol. The molecule has 1 aliphatic heterocycles. The van der Waals surface area contributed by atoms with Crippen LogP contribution in [-0.2, 0) is 0 Å². The SMILES string of the molecule is CCCNC(=O)c1cn2c(c1C)C(Nc1cc(C(=O)NC3CC3)ccc1C)=NI=N2. The number of fused-ring (bicyclic) bond motifs is 1. The number of hydrogen-bond acceptors (Lipinski definition) is 5. The van der Waals surface area contributed by atoms with Gasteiger partial charge >= 0.3 is 0 Å². The highest BCUT2D eigenvalue weighted by atomic mass is 127. The Hall–Kier alpha value is -2.56. The summed E-state index contributed by atoms with van der Waals surface area (Å²) in [5, 5.41) is 9.34. The van der Waals surface area contributed by atoms with E-state index in [-0.39, 0.29) is 11.8 Å². The van der Waals surface area contributed by atoms with E-state index in [0.717, 1.165) is 41.8 Å². The van der Waals surface area contributed by atoms with Crippen LogP contribution in [0.2, 0.25) is 0 Å². The van der Waals surface area contributed by atoms with E-state index in [1.54, 1.807) is 10.9 Å². The van der Waals surface area contributed by atoms with Gasteiger partial charge in [-0.25, -0.2) is 4.68 Å². The van der Waals surface area contributed by atoms with E-state index in [4.69, 9.17) is 0 Å². The molecule has 1 fully saturated rings. The molecule has 0 spiro atoms. The van der Waals surface area contributed by atoms with Gasteiger partial charge in [0, 0.05) is 30.0 Å². The van der Waals surface area contributed by atoms with E-state index >= 15 is 0 Å². The minimum atomic E-state index is -0.776. The molecule has 0 radical (unpaired) electrons. The molecule has 30 heavy (non-hydrogen) atoms. The molecule has 3 N–H and O–H groups in total. The Balaban J connectivity index is 1.60. The fourth-order valence-electron chi connectivity index (χ4n) is 3.22. The Morgan fingerprint density at radius 1 is 1.23 bits per heavy atom. The molecule has 8 nitrogen and oxygen atoms in total. The van der Waals surface area contributed by atoms with Crippen LogP contribution in [0.15, 0.2) is 30.9 Å². The van der Waals surface area contributed by atoms with Crippen molar-refractivity contribution < 1.29 is 9.59 Å². The summed E-state index contributed by atoms with van der Waals surface area (Å²) in [6, 6.07) is 5.94. The fraction of sp³-hybridized carbons (Fsp3) is 0.381. The Kier molecular flexibility index (Phi) is 5.98. The number of hydrogen-bond donors (Lipinski definition) is 3. The molecule has 1 aliphatic carbocycles. The van der Waals surface area contributed by atoms with Crippen LogP contribution in [0.1, 0.15) is 63.7 Å². The number of amidine groups is 1. The quantitative estimate of drug-likeness (QED) is 0.505. The van der Waals surface area contributed by atoms with Crippen LogP contribution in [0.5, 0.6) is 0 Å². The number of rotatable bonds is 6. The highest BCUT2D eigenvalue weighted by Gasteiger charge is 2.25. The van der Waals surface area contributed by atoms with Crippen LogP contribution in [0.4, 0.5) is 5.69 Å². The predicted octanol–water partition coefficient (Wildman–Crippen LogP) is 3.84. The van der Waals surface area contributed by atoms with Crippen LogP contribution in [0.3, 0.4) is 0 Å². The Bertz CT molecular complexity index is 1070. The lowest BCUT2D eigenvalue weighted by molar-refractivity contribution is 0.0943. The Morgan fingerprint density at radius 2 is 2.03 bits per heavy atom. The lowest BCUT2D eigenvalue weighted by Gasteiger charge is -2.16. The van der Waals surface area contributed by atoms with Crippen molar-refractivity contribution in [2.24, 2.45) is 6.46 Å². The first-order valence-corrected chi connectivity index (χ1v) is 12.0. The van der Waals surface area contributed by atoms with Crippen molar-refractivity contribution in [1.29, 1.82) is 0 Å². The number of nitrogens with one attached hydrogen (secondary N) is 3. The molecule has 158 valence electrons. The second kappa shape index (κ2) is 8.66. The van der Waals surface area contributed by atoms with Crippen molar-refractivity contribution in [3.63, 3.8) is 0 Å². The summed E-state index contributed by atoms with van der Waals surface area (Å²) in [6.45, 7) is 6.56. The third kappa shape index (κ3) is 4.30. The van der Waals surface area contributed by atoms with Gasteiger partial charge in [0.25, 0.3) is 11.8 Å². The van der Waals surface area contributed by atoms with Crippen molar-refractivity contribution in [1.82, 2.24) is 15.3 Å². The lowest BCUT2D eigenvalue weighted by atomic mass is 10.1. The van der Waals surface area contributed by atoms with Gasteiger partial charge in [-0.1, -0.05) is 13.0 Å². The molecule has 0 atom stereocenters. The number of carbonyl (C=O) groups excluding carboxylic acids is 2. The second-order valence-corrected chi connectivity index (χ2v) is 8.95. The Labute approximate surface area is 186 Å². The van der Waals surface area contributed by atoms with Gasteiger partial charge in [0.1, 0.15) is 5.69 Å². The molecule has 2 heterocycles. The third-order valence-electron chi connectivity index (χ3n) is 5.15. The number of aromatic nitrogens is 1. The van der Waals surface area contributed by atoms with Gasteiger partial charge in [-0.15, -0.1) is 3.25 Å². The molecule has 0 bridgehead atoms. The molecule has 2 aromatic rings. The lowest BCUT2D eigenvalue weighted by Crippen LogP contribution is -2.26. The maximum atomic E-state index is 12.5. The van der Waals surface area contributed by atoms with E-state index in [0.29, 0.717) is 29.5 Å². The minimum absolute atomic E-state index is 0.0528. The highest BCUT2D eigenvalue weighted by Crippen LogP contribution is 2.27. The van der Waals surface area contributed by atoms with Gasteiger partial charge < -0.3 is 16.0 Å². The first kappa shape index (κ1) is 20.7. The van der Waals surface area contributed by atoms with E-state index in [9.17, 15) is 9.59 Å². The maximum absolute atomic E-state index is 12.5. The van der Waals surface area contributed by atoms with Crippen LogP contribution in [0, 0.1) is 13.8 Å². The standard InChI is InChI=1S/C21H25IN6O2/c1-4-9-23-21(30)16-11-28-18(13(16)3)19(26-22-27-28)25-17-10-14(6-5-12(17)2)20(29)24-15-7-8-15/h5-6,10-11,15H,4,7-9H2,1-3H3,(H,23,30)(H,24,29)(H,25,26,27). The van der Waals surface area contributed by atoms with E-state index in [2.05, 4.69) is 22.4 Å². The van der Waals surface area contributed by atoms with Crippen molar-refractivity contribution >= 4 is 44.6 Å². The van der Waals surface area contributed by atoms with Gasteiger partial charge in [0.2, 0.25) is 0 Å². The van der Waals surface area contributed by atoms with Crippen LogP contribution in [0.25, 0.3) is 0 Å². The van der Waals surface area contributed by atoms with E-state index < -0.39 is 21.3 Å². The number of halogens is 1. The number of amides is 2. The number of nitrogens with zero attached hydrogens (tertiary/aromatic N) is 3. The average molecular weight is 520 g/mol. The van der Waals surface area contributed by atoms with Crippen molar-refractivity contribution in [3.8, 4) is 0 Å². The zero-order valence-corrected chi connectivity index (χ0v) is 19.4. The molecule has 4 rings (SSSR count). The zero-order valence-electron chi connectivity index (χ0n) is 17.3. The van der Waals surface area contributed by atoms with Crippen molar-refractivity contribution in [2.45, 2.75) is 46.1 Å². The molecular weight excluding hydrogens is 495 g/mol. The molecule has 0 saturated heterocycles. The summed E-state index contributed by atoms with van der Waals surface area (Å²) in [7, 11) is 0. The minimum Gasteiger partial charge on any atom is -0.352 e. The summed E-state index contributed by atoms with van der Waals surface area (Å²) in [5.74, 6) is 0.537. The molecule has 1 aromatic heterocycles. The first-order chi connectivity index (χ1) is 14.5. The topological polar surface area (TPSA) is 99.9 Å². The molecule has 0 unspecified atom stereocenters. The Morgan fingerprint density at radius 3 is 2.77 bits per heavy atom. The summed E-state index contributed by atoms with van der Waals surface area (Å²) in [4.78, 5) is 25.0. The van der Waals surface area contributed by atoms with Crippen molar-refractivity contribution in [2.75, 3.05) is 11.9 Å². The first-order valence-electron chi connectivity index (χ1n) is 10.1. The molecule has 2 amide bonds. The van der Waals surface area contributed by atoms with Crippen molar-refractivity contribution in [3.05, 3.63) is 52.3 Å². The van der Waals surface area contributed by atoms with Gasteiger partial charge in [-0.05, 0) is 56.4 Å². The van der Waals surface area contributed by atoms with Gasteiger partial charge in [-0.3, -0.25) is 9.59 Å². The zero-order chi connectivity index (χ0) is 21.3. The predicted molar refractivity (Wildman–Crippen MR) is 125 cm³/mol. The highest BCUT2D eigenvalue weighted by molar-refractivity contribution is 14.1. The van der Waals surface area contributed by atoms with Crippen LogP contribution >= 0.6 is 21.3 Å².